The zero-order valence-corrected chi connectivity index (χ0v) is 23.7. The summed E-state index contributed by atoms with van der Waals surface area (Å²) in [5, 5.41) is 7.55. The van der Waals surface area contributed by atoms with Gasteiger partial charge in [0.05, 0.1) is 24.5 Å². The third-order valence-corrected chi connectivity index (χ3v) is 9.04. The summed E-state index contributed by atoms with van der Waals surface area (Å²) in [7, 11) is 0. The summed E-state index contributed by atoms with van der Waals surface area (Å²) in [6.45, 7) is 10.5. The van der Waals surface area contributed by atoms with E-state index in [4.69, 9.17) is 10.5 Å². The highest BCUT2D eigenvalue weighted by molar-refractivity contribution is 8.03. The number of rotatable bonds is 13. The maximum absolute atomic E-state index is 13.8. The van der Waals surface area contributed by atoms with Crippen LogP contribution in [0.15, 0.2) is 24.3 Å². The van der Waals surface area contributed by atoms with Crippen molar-refractivity contribution in [2.24, 2.45) is 5.73 Å². The molecule has 0 spiro atoms. The van der Waals surface area contributed by atoms with Crippen LogP contribution in [-0.2, 0) is 29.0 Å². The Kier molecular flexibility index (Phi) is 8.64. The van der Waals surface area contributed by atoms with Crippen molar-refractivity contribution in [1.29, 1.82) is 0 Å². The second-order valence-electron chi connectivity index (χ2n) is 10.8. The number of nitrogens with one attached hydrogen (secondary N) is 1. The van der Waals surface area contributed by atoms with Gasteiger partial charge in [0.25, 0.3) is 11.8 Å². The number of ketones is 1. The lowest BCUT2D eigenvalue weighted by Crippen LogP contribution is -2.44. The fraction of sp³-hybridized carbons (Fsp3) is 0.571. The van der Waals surface area contributed by atoms with E-state index in [1.807, 2.05) is 49.9 Å². The molecule has 0 radical (unpaired) electrons. The zero-order chi connectivity index (χ0) is 27.5. The molecule has 1 aromatic carbocycles. The first-order valence-electron chi connectivity index (χ1n) is 13.3. The first-order chi connectivity index (χ1) is 18.0. The second-order valence-corrected chi connectivity index (χ2v) is 12.9. The third kappa shape index (κ3) is 6.47. The average Bonchev–Trinajstić information content (AvgIpc) is 3.51. The van der Waals surface area contributed by atoms with Crippen molar-refractivity contribution < 1.29 is 19.1 Å². The van der Waals surface area contributed by atoms with Crippen LogP contribution >= 0.6 is 11.8 Å². The van der Waals surface area contributed by atoms with E-state index in [0.29, 0.717) is 69.3 Å². The van der Waals surface area contributed by atoms with Gasteiger partial charge in [-0.3, -0.25) is 19.1 Å². The predicted octanol–water partition coefficient (Wildman–Crippen LogP) is 2.73. The summed E-state index contributed by atoms with van der Waals surface area (Å²) in [5.41, 5.74) is 9.13. The highest BCUT2D eigenvalue weighted by Crippen LogP contribution is 2.54. The molecule has 1 fully saturated rings. The molecule has 2 heterocycles. The molecule has 2 aliphatic rings. The standard InChI is InChI=1S/C28H39N5O4S/c1-19-5-7-21(8-6-19)17-30-25(35)23-22-9-13-32(18-28(10-11-28)38-27(3,4)20(2)34)26(36)24(22)33(31-23)14-16-37-15-12-29/h5-8H,9-18,29H2,1-4H3,(H,30,35). The number of amides is 2. The highest BCUT2D eigenvalue weighted by Gasteiger charge is 2.50. The van der Waals surface area contributed by atoms with Gasteiger partial charge in [-0.2, -0.15) is 5.10 Å². The Labute approximate surface area is 228 Å². The molecule has 0 saturated heterocycles. The Morgan fingerprint density at radius 3 is 2.55 bits per heavy atom. The molecular formula is C28H39N5O4S. The largest absolute Gasteiger partial charge is 0.378 e. The predicted molar refractivity (Wildman–Crippen MR) is 148 cm³/mol. The number of hydrogen-bond acceptors (Lipinski definition) is 7. The Bertz CT molecular complexity index is 1190. The molecule has 1 aliphatic heterocycles. The Morgan fingerprint density at radius 1 is 1.21 bits per heavy atom. The van der Waals surface area contributed by atoms with Crippen molar-refractivity contribution in [3.63, 3.8) is 0 Å². The summed E-state index contributed by atoms with van der Waals surface area (Å²) in [4.78, 5) is 41.0. The van der Waals surface area contributed by atoms with E-state index in [0.717, 1.165) is 24.0 Å². The normalized spacial score (nSPS) is 16.3. The van der Waals surface area contributed by atoms with Gasteiger partial charge < -0.3 is 20.7 Å². The molecule has 2 aromatic rings. The summed E-state index contributed by atoms with van der Waals surface area (Å²) < 4.78 is 6.56. The van der Waals surface area contributed by atoms with E-state index in [1.165, 1.54) is 0 Å². The number of thioether (sulfide) groups is 1. The van der Waals surface area contributed by atoms with Gasteiger partial charge in [0.1, 0.15) is 11.5 Å². The summed E-state index contributed by atoms with van der Waals surface area (Å²) >= 11 is 1.68. The molecular weight excluding hydrogens is 502 g/mol. The zero-order valence-electron chi connectivity index (χ0n) is 22.8. The Balaban J connectivity index is 1.52. The Morgan fingerprint density at radius 2 is 1.92 bits per heavy atom. The number of benzene rings is 1. The van der Waals surface area contributed by atoms with Crippen molar-refractivity contribution in [3.8, 4) is 0 Å². The van der Waals surface area contributed by atoms with Gasteiger partial charge in [-0.25, -0.2) is 0 Å². The van der Waals surface area contributed by atoms with Gasteiger partial charge in [-0.1, -0.05) is 29.8 Å². The summed E-state index contributed by atoms with van der Waals surface area (Å²) in [5.74, 6) is -0.275. The molecule has 206 valence electrons. The lowest BCUT2D eigenvalue weighted by Gasteiger charge is -2.34. The number of aryl methyl sites for hydroxylation is 1. The monoisotopic (exact) mass is 541 g/mol. The fourth-order valence-corrected chi connectivity index (χ4v) is 6.42. The molecule has 1 saturated carbocycles. The lowest BCUT2D eigenvalue weighted by molar-refractivity contribution is -0.118. The number of Topliss-reactive ketones (excluding diaryl/α,β-unsaturated/α-hetero) is 1. The number of carbonyl (C=O) groups excluding carboxylic acids is 3. The lowest BCUT2D eigenvalue weighted by atomic mass is 10.0. The first-order valence-corrected chi connectivity index (χ1v) is 14.1. The van der Waals surface area contributed by atoms with E-state index in [9.17, 15) is 14.4 Å². The van der Waals surface area contributed by atoms with Crippen molar-refractivity contribution in [1.82, 2.24) is 20.0 Å². The van der Waals surface area contributed by atoms with Crippen LogP contribution in [0.2, 0.25) is 0 Å². The van der Waals surface area contributed by atoms with Gasteiger partial charge in [0.15, 0.2) is 5.69 Å². The minimum Gasteiger partial charge on any atom is -0.378 e. The van der Waals surface area contributed by atoms with Crippen LogP contribution in [0.5, 0.6) is 0 Å². The van der Waals surface area contributed by atoms with Gasteiger partial charge in [-0.05, 0) is 52.5 Å². The van der Waals surface area contributed by atoms with Crippen LogP contribution in [0.25, 0.3) is 0 Å². The van der Waals surface area contributed by atoms with Crippen molar-refractivity contribution in [2.75, 3.05) is 32.8 Å². The maximum Gasteiger partial charge on any atom is 0.272 e. The molecule has 1 aliphatic carbocycles. The SMILES string of the molecule is CC(=O)C(C)(C)SC1(CN2CCc3c(C(=O)NCc4ccc(C)cc4)nn(CCOCCN)c3C2=O)CC1. The molecule has 9 nitrogen and oxygen atoms in total. The van der Waals surface area contributed by atoms with Crippen LogP contribution in [0.3, 0.4) is 0 Å². The minimum atomic E-state index is -0.495. The fourth-order valence-electron chi connectivity index (χ4n) is 4.67. The van der Waals surface area contributed by atoms with Crippen LogP contribution in [0, 0.1) is 6.92 Å². The Hall–Kier alpha value is -2.69. The molecule has 3 N–H and O–H groups in total. The minimum absolute atomic E-state index is 0.105. The van der Waals surface area contributed by atoms with E-state index >= 15 is 0 Å². The number of nitrogens with two attached hydrogens (primary N) is 1. The molecule has 0 unspecified atom stereocenters. The molecule has 1 aromatic heterocycles. The first kappa shape index (κ1) is 28.3. The van der Waals surface area contributed by atoms with Crippen LogP contribution < -0.4 is 11.1 Å². The molecule has 0 atom stereocenters. The number of aromatic nitrogens is 2. The van der Waals surface area contributed by atoms with Crippen molar-refractivity contribution >= 4 is 29.4 Å². The van der Waals surface area contributed by atoms with Crippen LogP contribution in [0.4, 0.5) is 0 Å². The molecule has 38 heavy (non-hydrogen) atoms. The van der Waals surface area contributed by atoms with Crippen molar-refractivity contribution in [3.05, 3.63) is 52.3 Å². The number of ether oxygens (including phenoxy) is 1. The smallest absolute Gasteiger partial charge is 0.272 e. The number of carbonyl (C=O) groups is 3. The van der Waals surface area contributed by atoms with Crippen LogP contribution in [0.1, 0.15) is 71.3 Å². The van der Waals surface area contributed by atoms with Crippen molar-refractivity contribution in [2.45, 2.75) is 69.5 Å². The average molecular weight is 542 g/mol. The van der Waals surface area contributed by atoms with Gasteiger partial charge in [0.2, 0.25) is 0 Å². The van der Waals surface area contributed by atoms with E-state index in [1.54, 1.807) is 23.4 Å². The molecule has 4 rings (SSSR count). The summed E-state index contributed by atoms with van der Waals surface area (Å²) in [6.07, 6.45) is 2.50. The van der Waals surface area contributed by atoms with E-state index in [-0.39, 0.29) is 22.3 Å². The van der Waals surface area contributed by atoms with E-state index < -0.39 is 4.75 Å². The molecule has 0 bridgehead atoms. The number of hydrogen-bond donors (Lipinski definition) is 2. The maximum atomic E-state index is 13.8. The van der Waals surface area contributed by atoms with E-state index in [2.05, 4.69) is 10.4 Å². The molecule has 2 amide bonds. The number of fused-ring (bicyclic) bond motifs is 1. The quantitative estimate of drug-likeness (QED) is 0.374. The third-order valence-electron chi connectivity index (χ3n) is 7.28. The summed E-state index contributed by atoms with van der Waals surface area (Å²) in [6, 6.07) is 7.99. The number of nitrogens with zero attached hydrogens (tertiary/aromatic N) is 3. The van der Waals surface area contributed by atoms with Crippen LogP contribution in [-0.4, -0.2) is 74.6 Å². The second kappa shape index (κ2) is 11.6. The molecule has 10 heteroatoms. The highest BCUT2D eigenvalue weighted by atomic mass is 32.2. The van der Waals surface area contributed by atoms with Gasteiger partial charge >= 0.3 is 0 Å². The van der Waals surface area contributed by atoms with Gasteiger partial charge in [-0.15, -0.1) is 11.8 Å². The van der Waals surface area contributed by atoms with Gasteiger partial charge in [0, 0.05) is 36.5 Å². The topological polar surface area (TPSA) is 120 Å².